The molecule has 100 valence electrons. The molecule has 1 N–H and O–H groups in total. The number of rotatable bonds is 3. The molecule has 0 saturated heterocycles. The first-order valence-corrected chi connectivity index (χ1v) is 7.57. The Kier molecular flexibility index (Phi) is 4.36. The molecule has 3 heteroatoms. The van der Waals surface area contributed by atoms with Crippen molar-refractivity contribution in [2.75, 3.05) is 13.6 Å². The fourth-order valence-electron chi connectivity index (χ4n) is 2.37. The van der Waals surface area contributed by atoms with Crippen molar-refractivity contribution >= 4 is 11.9 Å². The van der Waals surface area contributed by atoms with Crippen molar-refractivity contribution in [3.63, 3.8) is 0 Å². The zero-order valence-electron chi connectivity index (χ0n) is 11.9. The molecule has 1 aromatic rings. The highest BCUT2D eigenvalue weighted by Gasteiger charge is 2.27. The second-order valence-electron chi connectivity index (χ2n) is 6.07. The van der Waals surface area contributed by atoms with E-state index in [1.807, 2.05) is 11.9 Å². The van der Waals surface area contributed by atoms with E-state index in [1.165, 1.54) is 11.1 Å². The van der Waals surface area contributed by atoms with Crippen LogP contribution in [0.3, 0.4) is 0 Å². The van der Waals surface area contributed by atoms with Gasteiger partial charge in [-0.1, -0.05) is 57.0 Å². The Hall–Kier alpha value is -0.510. The van der Waals surface area contributed by atoms with E-state index >= 15 is 0 Å². The lowest BCUT2D eigenvalue weighted by Crippen LogP contribution is -2.45. The summed E-state index contributed by atoms with van der Waals surface area (Å²) in [6.07, 6.45) is 0. The summed E-state index contributed by atoms with van der Waals surface area (Å²) in [6, 6.07) is 9.31. The zero-order valence-corrected chi connectivity index (χ0v) is 12.7. The summed E-state index contributed by atoms with van der Waals surface area (Å²) in [5.74, 6) is 1.11. The Morgan fingerprint density at radius 2 is 1.94 bits per heavy atom. The molecule has 0 aromatic heterocycles. The fourth-order valence-corrected chi connectivity index (χ4v) is 3.46. The predicted molar refractivity (Wildman–Crippen MR) is 80.4 cm³/mol. The summed E-state index contributed by atoms with van der Waals surface area (Å²) < 4.78 is 2.49. The summed E-state index contributed by atoms with van der Waals surface area (Å²) in [5.41, 5.74) is 3.28. The highest BCUT2D eigenvalue weighted by Crippen LogP contribution is 2.30. The molecule has 0 fully saturated rings. The molecule has 0 bridgehead atoms. The minimum Gasteiger partial charge on any atom is -0.315 e. The summed E-state index contributed by atoms with van der Waals surface area (Å²) in [5, 5.41) is 3.46. The van der Waals surface area contributed by atoms with Crippen LogP contribution >= 0.6 is 11.9 Å². The maximum absolute atomic E-state index is 3.46. The van der Waals surface area contributed by atoms with Crippen LogP contribution in [0.4, 0.5) is 0 Å². The number of likely N-dealkylation sites (N-methyl/N-ethyl adjacent to an activating group) is 1. The van der Waals surface area contributed by atoms with Gasteiger partial charge in [-0.25, -0.2) is 4.31 Å². The monoisotopic (exact) mass is 264 g/mol. The van der Waals surface area contributed by atoms with Crippen LogP contribution in [0.15, 0.2) is 24.3 Å². The molecule has 1 aliphatic heterocycles. The molecule has 1 aromatic carbocycles. The predicted octanol–water partition coefficient (Wildman–Crippen LogP) is 3.28. The van der Waals surface area contributed by atoms with Crippen molar-refractivity contribution in [1.82, 2.24) is 9.62 Å². The first kappa shape index (κ1) is 13.9. The van der Waals surface area contributed by atoms with E-state index in [4.69, 9.17) is 0 Å². The quantitative estimate of drug-likeness (QED) is 0.843. The second kappa shape index (κ2) is 5.64. The van der Waals surface area contributed by atoms with E-state index < -0.39 is 0 Å². The molecule has 0 aliphatic carbocycles. The van der Waals surface area contributed by atoms with E-state index in [1.54, 1.807) is 0 Å². The van der Waals surface area contributed by atoms with Gasteiger partial charge in [-0.05, 0) is 23.6 Å². The van der Waals surface area contributed by atoms with E-state index in [-0.39, 0.29) is 0 Å². The molecule has 2 rings (SSSR count). The number of nitrogens with zero attached hydrogens (tertiary/aromatic N) is 1. The zero-order chi connectivity index (χ0) is 13.2. The molecular weight excluding hydrogens is 240 g/mol. The largest absolute Gasteiger partial charge is 0.315 e. The second-order valence-corrected chi connectivity index (χ2v) is 7.14. The van der Waals surface area contributed by atoms with E-state index in [2.05, 4.69) is 61.7 Å². The van der Waals surface area contributed by atoms with Crippen LogP contribution in [0.5, 0.6) is 0 Å². The topological polar surface area (TPSA) is 15.3 Å². The van der Waals surface area contributed by atoms with Gasteiger partial charge in [0.15, 0.2) is 0 Å². The summed E-state index contributed by atoms with van der Waals surface area (Å²) >= 11 is 1.96. The maximum Gasteiger partial charge on any atom is 0.0344 e. The molecule has 1 aliphatic rings. The Morgan fingerprint density at radius 3 is 2.56 bits per heavy atom. The van der Waals surface area contributed by atoms with Crippen LogP contribution in [-0.2, 0) is 12.3 Å². The van der Waals surface area contributed by atoms with E-state index in [0.29, 0.717) is 11.5 Å². The Morgan fingerprint density at radius 1 is 1.28 bits per heavy atom. The van der Waals surface area contributed by atoms with Crippen molar-refractivity contribution in [3.8, 4) is 0 Å². The SMILES string of the molecule is CNC(CN1Cc2ccccc2CS1)C(C)(C)C. The molecule has 0 spiro atoms. The van der Waals surface area contributed by atoms with Crippen LogP contribution in [0.25, 0.3) is 0 Å². The molecule has 1 heterocycles. The van der Waals surface area contributed by atoms with E-state index in [9.17, 15) is 0 Å². The standard InChI is InChI=1S/C15H24N2S/c1-15(2,3)14(16-4)10-17-9-12-7-5-6-8-13(12)11-18-17/h5-8,14,16H,9-11H2,1-4H3. The van der Waals surface area contributed by atoms with Crippen molar-refractivity contribution < 1.29 is 0 Å². The van der Waals surface area contributed by atoms with E-state index in [0.717, 1.165) is 18.8 Å². The van der Waals surface area contributed by atoms with Gasteiger partial charge in [0.25, 0.3) is 0 Å². The van der Waals surface area contributed by atoms with Gasteiger partial charge in [-0.15, -0.1) is 0 Å². The first-order chi connectivity index (χ1) is 8.50. The summed E-state index contributed by atoms with van der Waals surface area (Å²) in [4.78, 5) is 0. The third-order valence-corrected chi connectivity index (χ3v) is 4.73. The van der Waals surface area contributed by atoms with Crippen LogP contribution in [0, 0.1) is 5.41 Å². The van der Waals surface area contributed by atoms with Crippen LogP contribution < -0.4 is 5.32 Å². The van der Waals surface area contributed by atoms with Gasteiger partial charge < -0.3 is 5.32 Å². The van der Waals surface area contributed by atoms with Gasteiger partial charge in [0.1, 0.15) is 0 Å². The van der Waals surface area contributed by atoms with Crippen molar-refractivity contribution in [1.29, 1.82) is 0 Å². The van der Waals surface area contributed by atoms with Gasteiger partial charge in [0.2, 0.25) is 0 Å². The number of fused-ring (bicyclic) bond motifs is 1. The average Bonchev–Trinajstić information content (AvgIpc) is 2.34. The lowest BCUT2D eigenvalue weighted by atomic mass is 9.87. The molecule has 18 heavy (non-hydrogen) atoms. The number of nitrogens with one attached hydrogen (secondary N) is 1. The summed E-state index contributed by atoms with van der Waals surface area (Å²) in [6.45, 7) is 9.07. The van der Waals surface area contributed by atoms with Gasteiger partial charge in [-0.2, -0.15) is 0 Å². The fraction of sp³-hybridized carbons (Fsp3) is 0.600. The summed E-state index contributed by atoms with van der Waals surface area (Å²) in [7, 11) is 2.07. The van der Waals surface area contributed by atoms with Gasteiger partial charge >= 0.3 is 0 Å². The minimum absolute atomic E-state index is 0.298. The smallest absolute Gasteiger partial charge is 0.0344 e. The van der Waals surface area contributed by atoms with Gasteiger partial charge in [0, 0.05) is 24.9 Å². The van der Waals surface area contributed by atoms with Crippen molar-refractivity contribution in [3.05, 3.63) is 35.4 Å². The molecule has 0 saturated carbocycles. The van der Waals surface area contributed by atoms with Crippen LogP contribution in [0.2, 0.25) is 0 Å². The molecule has 0 amide bonds. The third kappa shape index (κ3) is 3.28. The molecule has 0 radical (unpaired) electrons. The van der Waals surface area contributed by atoms with Crippen molar-refractivity contribution in [2.45, 2.75) is 39.1 Å². The Balaban J connectivity index is 2.01. The van der Waals surface area contributed by atoms with Crippen LogP contribution in [-0.4, -0.2) is 23.9 Å². The normalized spacial score (nSPS) is 18.4. The average molecular weight is 264 g/mol. The highest BCUT2D eigenvalue weighted by atomic mass is 32.2. The first-order valence-electron chi connectivity index (χ1n) is 6.62. The van der Waals surface area contributed by atoms with Gasteiger partial charge in [-0.3, -0.25) is 0 Å². The molecule has 2 nitrogen and oxygen atoms in total. The Bertz CT molecular complexity index is 398. The lowest BCUT2D eigenvalue weighted by molar-refractivity contribution is 0.238. The van der Waals surface area contributed by atoms with Crippen molar-refractivity contribution in [2.24, 2.45) is 5.41 Å². The number of hydrogen-bond donors (Lipinski definition) is 1. The molecule has 1 atom stereocenters. The van der Waals surface area contributed by atoms with Crippen LogP contribution in [0.1, 0.15) is 31.9 Å². The number of benzene rings is 1. The molecule has 1 unspecified atom stereocenters. The minimum atomic E-state index is 0.298. The van der Waals surface area contributed by atoms with Gasteiger partial charge in [0.05, 0.1) is 0 Å². The number of hydrogen-bond acceptors (Lipinski definition) is 3. The molecular formula is C15H24N2S. The highest BCUT2D eigenvalue weighted by molar-refractivity contribution is 7.96. The maximum atomic E-state index is 3.46. The lowest BCUT2D eigenvalue weighted by Gasteiger charge is -2.36. The Labute approximate surface area is 115 Å². The third-order valence-electron chi connectivity index (χ3n) is 3.65.